The summed E-state index contributed by atoms with van der Waals surface area (Å²) in [4.78, 5) is 55.8. The van der Waals surface area contributed by atoms with Gasteiger partial charge < -0.3 is 20.0 Å². The number of halogens is 1. The summed E-state index contributed by atoms with van der Waals surface area (Å²) in [6, 6.07) is 10.9. The van der Waals surface area contributed by atoms with Gasteiger partial charge in [-0.05, 0) is 61.7 Å². The zero-order valence-electron chi connectivity index (χ0n) is 21.8. The summed E-state index contributed by atoms with van der Waals surface area (Å²) in [5.41, 5.74) is 1.63. The van der Waals surface area contributed by atoms with Gasteiger partial charge in [0.2, 0.25) is 11.8 Å². The standard InChI is InChI=1S/C27H31FN4O6S/c1-18(33)20-6-8-22(9-7-20)29-27(36)31-14-11-25(34)32-23(12-15-39(2,37)38)26(35)30(17-24(31)32)13-10-19-4-3-5-21(28)16-19/h3-9,16,23-24H,10-15,17H2,1-2H3,(H,29,36)/t23-,24+/m0/s1. The number of fused-ring (bicyclic) bond motifs is 1. The van der Waals surface area contributed by atoms with Crippen molar-refractivity contribution in [3.63, 3.8) is 0 Å². The number of amides is 4. The normalized spacial score (nSPS) is 19.6. The molecule has 10 nitrogen and oxygen atoms in total. The van der Waals surface area contributed by atoms with E-state index in [1.807, 2.05) is 0 Å². The minimum Gasteiger partial charge on any atom is -0.337 e. The quantitative estimate of drug-likeness (QED) is 0.496. The third-order valence-corrected chi connectivity index (χ3v) is 7.95. The van der Waals surface area contributed by atoms with E-state index in [4.69, 9.17) is 0 Å². The predicted molar refractivity (Wildman–Crippen MR) is 142 cm³/mol. The second-order valence-corrected chi connectivity index (χ2v) is 12.1. The van der Waals surface area contributed by atoms with Crippen LogP contribution in [-0.4, -0.2) is 90.6 Å². The summed E-state index contributed by atoms with van der Waals surface area (Å²) in [6.45, 7) is 1.80. The smallest absolute Gasteiger partial charge is 0.323 e. The number of piperazine rings is 1. The molecule has 1 N–H and O–H groups in total. The lowest BCUT2D eigenvalue weighted by Crippen LogP contribution is -2.71. The van der Waals surface area contributed by atoms with Gasteiger partial charge in [-0.25, -0.2) is 17.6 Å². The topological polar surface area (TPSA) is 124 Å². The Morgan fingerprint density at radius 3 is 2.46 bits per heavy atom. The number of urea groups is 1. The van der Waals surface area contributed by atoms with Crippen molar-refractivity contribution in [3.05, 3.63) is 65.5 Å². The molecule has 2 fully saturated rings. The Morgan fingerprint density at radius 2 is 1.82 bits per heavy atom. The van der Waals surface area contributed by atoms with Crippen LogP contribution in [0.15, 0.2) is 48.5 Å². The van der Waals surface area contributed by atoms with Crippen LogP contribution >= 0.6 is 0 Å². The maximum atomic E-state index is 13.7. The fraction of sp³-hybridized carbons (Fsp3) is 0.407. The molecule has 0 spiro atoms. The highest BCUT2D eigenvalue weighted by Gasteiger charge is 2.48. The fourth-order valence-corrected chi connectivity index (χ4v) is 5.61. The molecular formula is C27H31FN4O6S. The van der Waals surface area contributed by atoms with Gasteiger partial charge in [-0.3, -0.25) is 14.4 Å². The lowest BCUT2D eigenvalue weighted by molar-refractivity contribution is -0.166. The lowest BCUT2D eigenvalue weighted by Gasteiger charge is -2.52. The van der Waals surface area contributed by atoms with Crippen molar-refractivity contribution >= 4 is 39.2 Å². The zero-order valence-corrected chi connectivity index (χ0v) is 22.6. The van der Waals surface area contributed by atoms with Crippen molar-refractivity contribution in [3.8, 4) is 0 Å². The number of anilines is 1. The van der Waals surface area contributed by atoms with Gasteiger partial charge in [0.05, 0.1) is 12.3 Å². The summed E-state index contributed by atoms with van der Waals surface area (Å²) < 4.78 is 37.5. The van der Waals surface area contributed by atoms with Crippen LogP contribution in [0.1, 0.15) is 35.7 Å². The largest absolute Gasteiger partial charge is 0.337 e. The minimum absolute atomic E-state index is 0.0147. The Morgan fingerprint density at radius 1 is 1.10 bits per heavy atom. The first-order valence-electron chi connectivity index (χ1n) is 12.6. The average Bonchev–Trinajstić information content (AvgIpc) is 2.87. The molecule has 0 aromatic heterocycles. The van der Waals surface area contributed by atoms with Crippen molar-refractivity contribution in [2.24, 2.45) is 0 Å². The van der Waals surface area contributed by atoms with E-state index in [-0.39, 0.29) is 49.9 Å². The summed E-state index contributed by atoms with van der Waals surface area (Å²) in [5.74, 6) is -1.53. The van der Waals surface area contributed by atoms with Crippen LogP contribution in [0.4, 0.5) is 14.9 Å². The predicted octanol–water partition coefficient (Wildman–Crippen LogP) is 2.31. The summed E-state index contributed by atoms with van der Waals surface area (Å²) >= 11 is 0. The maximum absolute atomic E-state index is 13.7. The summed E-state index contributed by atoms with van der Waals surface area (Å²) in [5, 5.41) is 2.78. The van der Waals surface area contributed by atoms with E-state index in [2.05, 4.69) is 5.32 Å². The van der Waals surface area contributed by atoms with E-state index in [9.17, 15) is 32.0 Å². The van der Waals surface area contributed by atoms with Crippen LogP contribution in [0.2, 0.25) is 0 Å². The fourth-order valence-electron chi connectivity index (χ4n) is 4.96. The first kappa shape index (κ1) is 28.2. The molecule has 4 rings (SSSR count). The van der Waals surface area contributed by atoms with E-state index in [1.165, 1.54) is 33.8 Å². The molecule has 0 saturated carbocycles. The Balaban J connectivity index is 1.58. The molecular weight excluding hydrogens is 527 g/mol. The van der Waals surface area contributed by atoms with Crippen molar-refractivity contribution in [1.82, 2.24) is 14.7 Å². The molecule has 12 heteroatoms. The molecule has 0 aliphatic carbocycles. The summed E-state index contributed by atoms with van der Waals surface area (Å²) in [6.07, 6.45) is 0.488. The number of ketones is 1. The number of benzene rings is 2. The van der Waals surface area contributed by atoms with Crippen LogP contribution in [0, 0.1) is 5.82 Å². The zero-order chi connectivity index (χ0) is 28.3. The van der Waals surface area contributed by atoms with Crippen LogP contribution in [0.3, 0.4) is 0 Å². The highest BCUT2D eigenvalue weighted by Crippen LogP contribution is 2.28. The highest BCUT2D eigenvalue weighted by molar-refractivity contribution is 7.90. The summed E-state index contributed by atoms with van der Waals surface area (Å²) in [7, 11) is -3.43. The van der Waals surface area contributed by atoms with Crippen LogP contribution in [0.25, 0.3) is 0 Å². The van der Waals surface area contributed by atoms with Gasteiger partial charge in [0.1, 0.15) is 27.9 Å². The van der Waals surface area contributed by atoms with E-state index in [1.54, 1.807) is 36.4 Å². The molecule has 0 unspecified atom stereocenters. The lowest BCUT2D eigenvalue weighted by atomic mass is 10.0. The monoisotopic (exact) mass is 558 g/mol. The Bertz CT molecular complexity index is 1380. The molecule has 4 amide bonds. The molecule has 2 atom stereocenters. The third kappa shape index (κ3) is 6.80. The van der Waals surface area contributed by atoms with Crippen LogP contribution in [0.5, 0.6) is 0 Å². The highest BCUT2D eigenvalue weighted by atomic mass is 32.2. The number of hydrogen-bond acceptors (Lipinski definition) is 6. The number of nitrogens with zero attached hydrogens (tertiary/aromatic N) is 3. The van der Waals surface area contributed by atoms with Crippen LogP contribution in [-0.2, 0) is 25.8 Å². The second-order valence-electron chi connectivity index (χ2n) is 9.89. The minimum atomic E-state index is -3.43. The number of hydrogen-bond donors (Lipinski definition) is 1. The number of nitrogens with one attached hydrogen (secondary N) is 1. The average molecular weight is 559 g/mol. The molecule has 2 aliphatic heterocycles. The molecule has 2 heterocycles. The number of carbonyl (C=O) groups excluding carboxylic acids is 4. The maximum Gasteiger partial charge on any atom is 0.323 e. The number of rotatable bonds is 8. The Labute approximate surface area is 226 Å². The van der Waals surface area contributed by atoms with E-state index in [0.29, 0.717) is 23.2 Å². The second kappa shape index (κ2) is 11.5. The molecule has 208 valence electrons. The van der Waals surface area contributed by atoms with Crippen LogP contribution < -0.4 is 5.32 Å². The first-order chi connectivity index (χ1) is 18.4. The van der Waals surface area contributed by atoms with Crippen molar-refractivity contribution in [1.29, 1.82) is 0 Å². The van der Waals surface area contributed by atoms with E-state index < -0.39 is 39.8 Å². The van der Waals surface area contributed by atoms with Crippen molar-refractivity contribution < 1.29 is 32.0 Å². The van der Waals surface area contributed by atoms with E-state index in [0.717, 1.165) is 6.26 Å². The van der Waals surface area contributed by atoms with Gasteiger partial charge in [-0.15, -0.1) is 0 Å². The Hall–Kier alpha value is -3.80. The molecule has 2 aliphatic rings. The molecule has 0 radical (unpaired) electrons. The number of Topliss-reactive ketones (excluding diaryl/α,β-unsaturated/α-hetero) is 1. The molecule has 2 saturated heterocycles. The van der Waals surface area contributed by atoms with Gasteiger partial charge in [-0.2, -0.15) is 0 Å². The SMILES string of the molecule is CC(=O)c1ccc(NC(=O)N2CCC(=O)N3[C@@H]2CN(CCc2cccc(F)c2)C(=O)[C@@H]3CCS(C)(=O)=O)cc1. The Kier molecular flexibility index (Phi) is 8.34. The molecule has 0 bridgehead atoms. The number of carbonyl (C=O) groups is 4. The van der Waals surface area contributed by atoms with Gasteiger partial charge in [-0.1, -0.05) is 12.1 Å². The van der Waals surface area contributed by atoms with Gasteiger partial charge >= 0.3 is 6.03 Å². The van der Waals surface area contributed by atoms with E-state index >= 15 is 0 Å². The first-order valence-corrected chi connectivity index (χ1v) is 14.7. The van der Waals surface area contributed by atoms with Crippen molar-refractivity contribution in [2.75, 3.05) is 37.0 Å². The van der Waals surface area contributed by atoms with Crippen molar-refractivity contribution in [2.45, 2.75) is 38.4 Å². The van der Waals surface area contributed by atoms with Gasteiger partial charge in [0, 0.05) is 37.0 Å². The van der Waals surface area contributed by atoms with Gasteiger partial charge in [0.25, 0.3) is 0 Å². The third-order valence-electron chi connectivity index (χ3n) is 6.98. The number of sulfone groups is 1. The molecule has 2 aromatic rings. The molecule has 39 heavy (non-hydrogen) atoms. The molecule has 2 aromatic carbocycles. The van der Waals surface area contributed by atoms with Gasteiger partial charge in [0.15, 0.2) is 5.78 Å².